The van der Waals surface area contributed by atoms with Crippen LogP contribution in [0, 0.1) is 5.92 Å². The van der Waals surface area contributed by atoms with E-state index in [0.29, 0.717) is 0 Å². The molecule has 0 amide bonds. The number of rotatable bonds is 5. The van der Waals surface area contributed by atoms with Gasteiger partial charge in [0.2, 0.25) is 0 Å². The van der Waals surface area contributed by atoms with Gasteiger partial charge in [0, 0.05) is 18.8 Å². The van der Waals surface area contributed by atoms with Crippen LogP contribution in [0.4, 0.5) is 0 Å². The topological polar surface area (TPSA) is 3.24 Å². The van der Waals surface area contributed by atoms with Gasteiger partial charge in [0.05, 0.1) is 0 Å². The average Bonchev–Trinajstić information content (AvgIpc) is 2.72. The van der Waals surface area contributed by atoms with E-state index < -0.39 is 0 Å². The summed E-state index contributed by atoms with van der Waals surface area (Å²) in [4.78, 5) is 2.37. The summed E-state index contributed by atoms with van der Waals surface area (Å²) in [7, 11) is 2.18. The third-order valence-corrected chi connectivity index (χ3v) is 2.17. The highest BCUT2D eigenvalue weighted by Gasteiger charge is 2.21. The molecule has 64 valence electrons. The van der Waals surface area contributed by atoms with Crippen LogP contribution in [-0.2, 0) is 0 Å². The standard InChI is InChI=1S/C9H17NS/c1-10(6-2-3-7-11)8-9-4-5-9/h2-3,9,11H,4-8H2,1H3. The Morgan fingerprint density at radius 1 is 1.45 bits per heavy atom. The highest BCUT2D eigenvalue weighted by Crippen LogP contribution is 2.29. The van der Waals surface area contributed by atoms with Gasteiger partial charge in [-0.25, -0.2) is 0 Å². The Labute approximate surface area is 74.9 Å². The lowest BCUT2D eigenvalue weighted by Gasteiger charge is -2.12. The van der Waals surface area contributed by atoms with Crippen molar-refractivity contribution in [3.8, 4) is 0 Å². The molecule has 0 N–H and O–H groups in total. The second kappa shape index (κ2) is 4.83. The molecule has 0 aromatic heterocycles. The first-order valence-corrected chi connectivity index (χ1v) is 4.90. The molecule has 0 saturated heterocycles. The molecule has 11 heavy (non-hydrogen) atoms. The van der Waals surface area contributed by atoms with Crippen LogP contribution in [0.25, 0.3) is 0 Å². The first-order chi connectivity index (χ1) is 5.33. The molecular weight excluding hydrogens is 154 g/mol. The van der Waals surface area contributed by atoms with Gasteiger partial charge in [-0.1, -0.05) is 12.2 Å². The number of thiol groups is 1. The largest absolute Gasteiger partial charge is 0.302 e. The van der Waals surface area contributed by atoms with Gasteiger partial charge in [0.15, 0.2) is 0 Å². The third kappa shape index (κ3) is 4.49. The van der Waals surface area contributed by atoms with E-state index in [1.165, 1.54) is 19.4 Å². The molecule has 0 aromatic carbocycles. The van der Waals surface area contributed by atoms with E-state index in [0.717, 1.165) is 18.2 Å². The van der Waals surface area contributed by atoms with Crippen molar-refractivity contribution in [1.29, 1.82) is 0 Å². The first kappa shape index (κ1) is 9.14. The molecular formula is C9H17NS. The van der Waals surface area contributed by atoms with E-state index in [-0.39, 0.29) is 0 Å². The molecule has 1 nitrogen and oxygen atoms in total. The predicted molar refractivity (Wildman–Crippen MR) is 53.2 cm³/mol. The molecule has 1 aliphatic carbocycles. The van der Waals surface area contributed by atoms with Crippen molar-refractivity contribution in [1.82, 2.24) is 4.90 Å². The van der Waals surface area contributed by atoms with Gasteiger partial charge in [-0.05, 0) is 25.8 Å². The Morgan fingerprint density at radius 2 is 2.18 bits per heavy atom. The monoisotopic (exact) mass is 171 g/mol. The summed E-state index contributed by atoms with van der Waals surface area (Å²) in [5.41, 5.74) is 0. The summed E-state index contributed by atoms with van der Waals surface area (Å²) in [6.45, 7) is 2.36. The van der Waals surface area contributed by atoms with E-state index in [4.69, 9.17) is 0 Å². The Kier molecular flexibility index (Phi) is 4.02. The van der Waals surface area contributed by atoms with Gasteiger partial charge < -0.3 is 4.90 Å². The molecule has 0 heterocycles. The van der Waals surface area contributed by atoms with Gasteiger partial charge in [-0.15, -0.1) is 0 Å². The van der Waals surface area contributed by atoms with E-state index in [2.05, 4.69) is 36.7 Å². The minimum Gasteiger partial charge on any atom is -0.302 e. The van der Waals surface area contributed by atoms with Crippen LogP contribution in [0.2, 0.25) is 0 Å². The fraction of sp³-hybridized carbons (Fsp3) is 0.778. The molecule has 1 rings (SSSR count). The van der Waals surface area contributed by atoms with Crippen LogP contribution in [0.1, 0.15) is 12.8 Å². The SMILES string of the molecule is CN(CC=CCS)CC1CC1. The summed E-state index contributed by atoms with van der Waals surface area (Å²) in [6.07, 6.45) is 7.18. The normalized spacial score (nSPS) is 18.5. The predicted octanol–water partition coefficient (Wildman–Crippen LogP) is 1.81. The molecule has 0 unspecified atom stereocenters. The molecule has 1 aliphatic rings. The Hall–Kier alpha value is 0.0500. The van der Waals surface area contributed by atoms with Crippen molar-refractivity contribution in [2.45, 2.75) is 12.8 Å². The lowest BCUT2D eigenvalue weighted by atomic mass is 10.4. The maximum atomic E-state index is 4.10. The number of nitrogens with zero attached hydrogens (tertiary/aromatic N) is 1. The number of hydrogen-bond donors (Lipinski definition) is 1. The molecule has 0 atom stereocenters. The number of hydrogen-bond acceptors (Lipinski definition) is 2. The van der Waals surface area contributed by atoms with Crippen LogP contribution in [0.15, 0.2) is 12.2 Å². The van der Waals surface area contributed by atoms with Crippen molar-refractivity contribution >= 4 is 12.6 Å². The summed E-state index contributed by atoms with van der Waals surface area (Å²) in [5.74, 6) is 1.86. The zero-order valence-corrected chi connectivity index (χ0v) is 8.06. The van der Waals surface area contributed by atoms with Crippen molar-refractivity contribution in [3.63, 3.8) is 0 Å². The summed E-state index contributed by atoms with van der Waals surface area (Å²) >= 11 is 4.10. The molecule has 0 bridgehead atoms. The maximum Gasteiger partial charge on any atom is 0.0160 e. The van der Waals surface area contributed by atoms with Crippen molar-refractivity contribution < 1.29 is 0 Å². The minimum absolute atomic E-state index is 0.858. The summed E-state index contributed by atoms with van der Waals surface area (Å²) < 4.78 is 0. The van der Waals surface area contributed by atoms with Crippen LogP contribution in [0.5, 0.6) is 0 Å². The Balaban J connectivity index is 1.99. The Morgan fingerprint density at radius 3 is 2.73 bits per heavy atom. The van der Waals surface area contributed by atoms with Crippen molar-refractivity contribution in [2.75, 3.05) is 25.9 Å². The molecule has 2 heteroatoms. The average molecular weight is 171 g/mol. The maximum absolute atomic E-state index is 4.10. The van der Waals surface area contributed by atoms with Crippen LogP contribution >= 0.6 is 12.6 Å². The molecule has 1 fully saturated rings. The third-order valence-electron chi connectivity index (χ3n) is 1.96. The van der Waals surface area contributed by atoms with E-state index >= 15 is 0 Å². The first-order valence-electron chi connectivity index (χ1n) is 4.27. The fourth-order valence-electron chi connectivity index (χ4n) is 1.14. The van der Waals surface area contributed by atoms with Gasteiger partial charge >= 0.3 is 0 Å². The van der Waals surface area contributed by atoms with Gasteiger partial charge in [0.25, 0.3) is 0 Å². The molecule has 0 aliphatic heterocycles. The summed E-state index contributed by atoms with van der Waals surface area (Å²) in [5, 5.41) is 0. The highest BCUT2D eigenvalue weighted by atomic mass is 32.1. The minimum atomic E-state index is 0.858. The Bertz CT molecular complexity index is 130. The highest BCUT2D eigenvalue weighted by molar-refractivity contribution is 7.80. The van der Waals surface area contributed by atoms with E-state index in [1.54, 1.807) is 0 Å². The van der Waals surface area contributed by atoms with Gasteiger partial charge in [-0.2, -0.15) is 12.6 Å². The van der Waals surface area contributed by atoms with Gasteiger partial charge in [-0.3, -0.25) is 0 Å². The molecule has 1 saturated carbocycles. The van der Waals surface area contributed by atoms with Gasteiger partial charge in [0.1, 0.15) is 0 Å². The second-order valence-electron chi connectivity index (χ2n) is 3.32. The second-order valence-corrected chi connectivity index (χ2v) is 3.68. The molecule has 0 radical (unpaired) electrons. The summed E-state index contributed by atoms with van der Waals surface area (Å²) in [6, 6.07) is 0. The van der Waals surface area contributed by atoms with Crippen LogP contribution in [0.3, 0.4) is 0 Å². The van der Waals surface area contributed by atoms with Crippen molar-refractivity contribution in [3.05, 3.63) is 12.2 Å². The zero-order valence-electron chi connectivity index (χ0n) is 7.16. The van der Waals surface area contributed by atoms with Crippen LogP contribution in [-0.4, -0.2) is 30.8 Å². The molecule has 0 spiro atoms. The zero-order chi connectivity index (χ0) is 8.10. The quantitative estimate of drug-likeness (QED) is 0.488. The van der Waals surface area contributed by atoms with Crippen LogP contribution < -0.4 is 0 Å². The van der Waals surface area contributed by atoms with E-state index in [1.807, 2.05) is 0 Å². The molecule has 0 aromatic rings. The smallest absolute Gasteiger partial charge is 0.0160 e. The van der Waals surface area contributed by atoms with Crippen molar-refractivity contribution in [2.24, 2.45) is 5.92 Å². The van der Waals surface area contributed by atoms with E-state index in [9.17, 15) is 0 Å². The lowest BCUT2D eigenvalue weighted by Crippen LogP contribution is -2.20. The number of likely N-dealkylation sites (N-methyl/N-ethyl adjacent to an activating group) is 1. The fourth-order valence-corrected chi connectivity index (χ4v) is 1.29. The lowest BCUT2D eigenvalue weighted by molar-refractivity contribution is 0.354.